The van der Waals surface area contributed by atoms with E-state index in [2.05, 4.69) is 5.32 Å². The van der Waals surface area contributed by atoms with Crippen LogP contribution in [0.4, 0.5) is 5.69 Å². The van der Waals surface area contributed by atoms with Crippen LogP contribution in [-0.4, -0.2) is 20.1 Å². The lowest BCUT2D eigenvalue weighted by molar-refractivity contribution is 0.102. The molecule has 2 aromatic carbocycles. The van der Waals surface area contributed by atoms with E-state index in [4.69, 9.17) is 9.47 Å². The van der Waals surface area contributed by atoms with Crippen molar-refractivity contribution in [2.45, 2.75) is 6.92 Å². The van der Waals surface area contributed by atoms with Crippen molar-refractivity contribution in [2.24, 2.45) is 0 Å². The third-order valence-corrected chi connectivity index (χ3v) is 2.92. The summed E-state index contributed by atoms with van der Waals surface area (Å²) in [5.41, 5.74) is 2.33. The van der Waals surface area contributed by atoms with Gasteiger partial charge in [0, 0.05) is 17.3 Å². The highest BCUT2D eigenvalue weighted by Gasteiger charge is 2.09. The summed E-state index contributed by atoms with van der Waals surface area (Å²) in [6.45, 7) is 1.95. The van der Waals surface area contributed by atoms with Crippen molar-refractivity contribution in [3.05, 3.63) is 53.6 Å². The summed E-state index contributed by atoms with van der Waals surface area (Å²) in [6.07, 6.45) is 0. The molecule has 0 aromatic heterocycles. The number of benzene rings is 2. The number of methoxy groups -OCH3 is 2. The van der Waals surface area contributed by atoms with Gasteiger partial charge in [-0.2, -0.15) is 0 Å². The SMILES string of the molecule is COc1ccc(NC(=O)c2cccc(C)c2)cc1OC. The van der Waals surface area contributed by atoms with Gasteiger partial charge in [0.15, 0.2) is 11.5 Å². The lowest BCUT2D eigenvalue weighted by Gasteiger charge is -2.10. The minimum atomic E-state index is -0.152. The Kier molecular flexibility index (Phi) is 4.25. The van der Waals surface area contributed by atoms with Gasteiger partial charge >= 0.3 is 0 Å². The van der Waals surface area contributed by atoms with E-state index in [0.29, 0.717) is 22.7 Å². The number of carbonyl (C=O) groups is 1. The van der Waals surface area contributed by atoms with Crippen LogP contribution in [0.5, 0.6) is 11.5 Å². The zero-order valence-electron chi connectivity index (χ0n) is 11.8. The molecule has 4 nitrogen and oxygen atoms in total. The standard InChI is InChI=1S/C16H17NO3/c1-11-5-4-6-12(9-11)16(18)17-13-7-8-14(19-2)15(10-13)20-3/h4-10H,1-3H3,(H,17,18). The predicted octanol–water partition coefficient (Wildman–Crippen LogP) is 3.26. The van der Waals surface area contributed by atoms with Gasteiger partial charge in [-0.05, 0) is 31.2 Å². The molecule has 0 fully saturated rings. The van der Waals surface area contributed by atoms with Crippen molar-refractivity contribution >= 4 is 11.6 Å². The van der Waals surface area contributed by atoms with E-state index in [-0.39, 0.29) is 5.91 Å². The number of hydrogen-bond acceptors (Lipinski definition) is 3. The highest BCUT2D eigenvalue weighted by molar-refractivity contribution is 6.04. The summed E-state index contributed by atoms with van der Waals surface area (Å²) < 4.78 is 10.4. The quantitative estimate of drug-likeness (QED) is 0.928. The van der Waals surface area contributed by atoms with Crippen molar-refractivity contribution in [1.82, 2.24) is 0 Å². The van der Waals surface area contributed by atoms with E-state index in [0.717, 1.165) is 5.56 Å². The van der Waals surface area contributed by atoms with Crippen LogP contribution in [0.1, 0.15) is 15.9 Å². The molecule has 0 atom stereocenters. The molecule has 0 heterocycles. The molecule has 104 valence electrons. The van der Waals surface area contributed by atoms with Crippen LogP contribution in [0, 0.1) is 6.92 Å². The van der Waals surface area contributed by atoms with Gasteiger partial charge in [-0.25, -0.2) is 0 Å². The Morgan fingerprint density at radius 1 is 1.00 bits per heavy atom. The molecule has 20 heavy (non-hydrogen) atoms. The summed E-state index contributed by atoms with van der Waals surface area (Å²) in [5.74, 6) is 1.05. The Morgan fingerprint density at radius 3 is 2.40 bits per heavy atom. The van der Waals surface area contributed by atoms with Crippen LogP contribution in [-0.2, 0) is 0 Å². The van der Waals surface area contributed by atoms with Crippen LogP contribution < -0.4 is 14.8 Å². The van der Waals surface area contributed by atoms with Crippen LogP contribution in [0.25, 0.3) is 0 Å². The molecular weight excluding hydrogens is 254 g/mol. The number of ether oxygens (including phenoxy) is 2. The van der Waals surface area contributed by atoms with Gasteiger partial charge in [-0.3, -0.25) is 4.79 Å². The Hall–Kier alpha value is -2.49. The summed E-state index contributed by atoms with van der Waals surface area (Å²) in [4.78, 5) is 12.1. The van der Waals surface area contributed by atoms with Crippen LogP contribution in [0.15, 0.2) is 42.5 Å². The lowest BCUT2D eigenvalue weighted by Crippen LogP contribution is -2.12. The molecule has 0 saturated heterocycles. The van der Waals surface area contributed by atoms with Gasteiger partial charge in [0.05, 0.1) is 14.2 Å². The van der Waals surface area contributed by atoms with E-state index >= 15 is 0 Å². The van der Waals surface area contributed by atoms with E-state index in [1.165, 1.54) is 0 Å². The summed E-state index contributed by atoms with van der Waals surface area (Å²) in [7, 11) is 3.13. The second kappa shape index (κ2) is 6.10. The molecule has 2 aromatic rings. The molecule has 0 bridgehead atoms. The van der Waals surface area contributed by atoms with E-state index in [1.807, 2.05) is 25.1 Å². The maximum absolute atomic E-state index is 12.1. The number of anilines is 1. The van der Waals surface area contributed by atoms with Gasteiger partial charge in [0.1, 0.15) is 0 Å². The minimum absolute atomic E-state index is 0.152. The highest BCUT2D eigenvalue weighted by atomic mass is 16.5. The lowest BCUT2D eigenvalue weighted by atomic mass is 10.1. The molecule has 0 aliphatic carbocycles. The third-order valence-electron chi connectivity index (χ3n) is 2.92. The average Bonchev–Trinajstić information content (AvgIpc) is 2.47. The van der Waals surface area contributed by atoms with Gasteiger partial charge in [-0.15, -0.1) is 0 Å². The molecule has 0 spiro atoms. The second-order valence-electron chi connectivity index (χ2n) is 4.39. The number of amides is 1. The molecule has 1 N–H and O–H groups in total. The molecule has 2 rings (SSSR count). The monoisotopic (exact) mass is 271 g/mol. The molecule has 1 amide bonds. The van der Waals surface area contributed by atoms with E-state index < -0.39 is 0 Å². The normalized spacial score (nSPS) is 9.95. The maximum Gasteiger partial charge on any atom is 0.255 e. The Morgan fingerprint density at radius 2 is 1.75 bits per heavy atom. The first-order valence-electron chi connectivity index (χ1n) is 6.24. The van der Waals surface area contributed by atoms with Crippen molar-refractivity contribution < 1.29 is 14.3 Å². The molecule has 0 radical (unpaired) electrons. The molecule has 0 aliphatic rings. The van der Waals surface area contributed by atoms with Gasteiger partial charge < -0.3 is 14.8 Å². The zero-order valence-corrected chi connectivity index (χ0v) is 11.8. The fourth-order valence-corrected chi connectivity index (χ4v) is 1.90. The molecule has 0 aliphatic heterocycles. The number of rotatable bonds is 4. The first kappa shape index (κ1) is 13.9. The van der Waals surface area contributed by atoms with Crippen LogP contribution >= 0.6 is 0 Å². The Balaban J connectivity index is 2.19. The fourth-order valence-electron chi connectivity index (χ4n) is 1.90. The average molecular weight is 271 g/mol. The van der Waals surface area contributed by atoms with Crippen molar-refractivity contribution in [3.63, 3.8) is 0 Å². The van der Waals surface area contributed by atoms with Crippen molar-refractivity contribution in [3.8, 4) is 11.5 Å². The predicted molar refractivity (Wildman–Crippen MR) is 78.7 cm³/mol. The van der Waals surface area contributed by atoms with Crippen molar-refractivity contribution in [2.75, 3.05) is 19.5 Å². The molecule has 4 heteroatoms. The Bertz CT molecular complexity index is 623. The van der Waals surface area contributed by atoms with Crippen LogP contribution in [0.3, 0.4) is 0 Å². The summed E-state index contributed by atoms with van der Waals surface area (Å²) in [5, 5.41) is 2.84. The fraction of sp³-hybridized carbons (Fsp3) is 0.188. The maximum atomic E-state index is 12.1. The second-order valence-corrected chi connectivity index (χ2v) is 4.39. The number of hydrogen-bond donors (Lipinski definition) is 1. The largest absolute Gasteiger partial charge is 0.493 e. The molecule has 0 unspecified atom stereocenters. The highest BCUT2D eigenvalue weighted by Crippen LogP contribution is 2.29. The molecule has 0 saturated carbocycles. The summed E-state index contributed by atoms with van der Waals surface area (Å²) >= 11 is 0. The zero-order chi connectivity index (χ0) is 14.5. The smallest absolute Gasteiger partial charge is 0.255 e. The number of aryl methyl sites for hydroxylation is 1. The van der Waals surface area contributed by atoms with E-state index in [9.17, 15) is 4.79 Å². The van der Waals surface area contributed by atoms with Gasteiger partial charge in [0.25, 0.3) is 5.91 Å². The van der Waals surface area contributed by atoms with Gasteiger partial charge in [-0.1, -0.05) is 17.7 Å². The number of nitrogens with one attached hydrogen (secondary N) is 1. The van der Waals surface area contributed by atoms with Crippen LogP contribution in [0.2, 0.25) is 0 Å². The first-order chi connectivity index (χ1) is 9.63. The summed E-state index contributed by atoms with van der Waals surface area (Å²) in [6, 6.07) is 12.7. The Labute approximate surface area is 118 Å². The van der Waals surface area contributed by atoms with E-state index in [1.54, 1.807) is 38.5 Å². The first-order valence-corrected chi connectivity index (χ1v) is 6.24. The van der Waals surface area contributed by atoms with Crippen molar-refractivity contribution in [1.29, 1.82) is 0 Å². The number of carbonyl (C=O) groups excluding carboxylic acids is 1. The van der Waals surface area contributed by atoms with Gasteiger partial charge in [0.2, 0.25) is 0 Å². The topological polar surface area (TPSA) is 47.6 Å². The minimum Gasteiger partial charge on any atom is -0.493 e. The third kappa shape index (κ3) is 3.09. The molecular formula is C16H17NO3.